The van der Waals surface area contributed by atoms with Gasteiger partial charge in [0.1, 0.15) is 0 Å². The topological polar surface area (TPSA) is 52.6 Å². The van der Waals surface area contributed by atoms with Crippen LogP contribution in [-0.2, 0) is 16.1 Å². The first kappa shape index (κ1) is 20.5. The van der Waals surface area contributed by atoms with Gasteiger partial charge in [0.25, 0.3) is 0 Å². The van der Waals surface area contributed by atoms with E-state index in [-0.39, 0.29) is 24.3 Å². The predicted molar refractivity (Wildman–Crippen MR) is 109 cm³/mol. The maximum atomic E-state index is 12.9. The first-order chi connectivity index (χ1) is 12.9. The Bertz CT molecular complexity index is 742. The minimum absolute atomic E-state index is 0.0248. The van der Waals surface area contributed by atoms with E-state index in [0.717, 1.165) is 16.8 Å². The van der Waals surface area contributed by atoms with Crippen molar-refractivity contribution in [2.45, 2.75) is 32.9 Å². The molecular formula is C22H29N3O2. The monoisotopic (exact) mass is 367 g/mol. The second-order valence-corrected chi connectivity index (χ2v) is 6.84. The zero-order valence-electron chi connectivity index (χ0n) is 16.6. The van der Waals surface area contributed by atoms with Gasteiger partial charge >= 0.3 is 0 Å². The van der Waals surface area contributed by atoms with Gasteiger partial charge in [-0.15, -0.1) is 0 Å². The van der Waals surface area contributed by atoms with Crippen molar-refractivity contribution in [2.75, 3.05) is 25.5 Å². The van der Waals surface area contributed by atoms with Gasteiger partial charge in [0.2, 0.25) is 11.8 Å². The molecule has 0 aromatic heterocycles. The van der Waals surface area contributed by atoms with E-state index in [1.54, 1.807) is 0 Å². The number of nitrogens with one attached hydrogen (secondary N) is 1. The number of hydrogen-bond donors (Lipinski definition) is 1. The Morgan fingerprint density at radius 2 is 1.63 bits per heavy atom. The fraction of sp³-hybridized carbons (Fsp3) is 0.364. The van der Waals surface area contributed by atoms with Gasteiger partial charge in [-0.1, -0.05) is 42.5 Å². The minimum Gasteiger partial charge on any atom is -0.378 e. The zero-order chi connectivity index (χ0) is 19.8. The molecular weight excluding hydrogens is 338 g/mol. The first-order valence-corrected chi connectivity index (χ1v) is 9.26. The van der Waals surface area contributed by atoms with Crippen LogP contribution in [0.15, 0.2) is 54.6 Å². The third kappa shape index (κ3) is 6.13. The van der Waals surface area contributed by atoms with Gasteiger partial charge in [-0.25, -0.2) is 0 Å². The van der Waals surface area contributed by atoms with E-state index in [1.807, 2.05) is 73.3 Å². The van der Waals surface area contributed by atoms with Crippen LogP contribution in [0.4, 0.5) is 5.69 Å². The van der Waals surface area contributed by atoms with Crippen LogP contribution in [0.2, 0.25) is 0 Å². The van der Waals surface area contributed by atoms with Crippen LogP contribution < -0.4 is 10.2 Å². The molecule has 5 nitrogen and oxygen atoms in total. The van der Waals surface area contributed by atoms with E-state index in [1.165, 1.54) is 6.92 Å². The van der Waals surface area contributed by atoms with Gasteiger partial charge < -0.3 is 15.1 Å². The van der Waals surface area contributed by atoms with Crippen molar-refractivity contribution >= 4 is 17.5 Å². The largest absolute Gasteiger partial charge is 0.378 e. The second-order valence-electron chi connectivity index (χ2n) is 6.84. The Hall–Kier alpha value is -2.82. The number of carbonyl (C=O) groups is 2. The Morgan fingerprint density at radius 1 is 1.00 bits per heavy atom. The zero-order valence-corrected chi connectivity index (χ0v) is 16.6. The van der Waals surface area contributed by atoms with Gasteiger partial charge in [0.15, 0.2) is 0 Å². The smallest absolute Gasteiger partial charge is 0.225 e. The molecule has 0 fully saturated rings. The van der Waals surface area contributed by atoms with Crippen LogP contribution in [0.5, 0.6) is 0 Å². The molecule has 0 aliphatic rings. The number of nitrogens with zero attached hydrogens (tertiary/aromatic N) is 2. The SMILES string of the molecule is CCN(Cc1ccc(N(C)C)cc1)C(=O)CC(NC(C)=O)c1ccccc1. The second kappa shape index (κ2) is 9.76. The molecule has 144 valence electrons. The summed E-state index contributed by atoms with van der Waals surface area (Å²) in [5, 5.41) is 2.90. The Morgan fingerprint density at radius 3 is 2.15 bits per heavy atom. The fourth-order valence-corrected chi connectivity index (χ4v) is 2.98. The molecule has 5 heteroatoms. The van der Waals surface area contributed by atoms with Crippen LogP contribution in [0, 0.1) is 0 Å². The summed E-state index contributed by atoms with van der Waals surface area (Å²) in [6.07, 6.45) is 0.243. The lowest BCUT2D eigenvalue weighted by Crippen LogP contribution is -2.35. The molecule has 2 aromatic carbocycles. The molecule has 1 unspecified atom stereocenters. The summed E-state index contributed by atoms with van der Waals surface area (Å²) in [5.74, 6) is -0.115. The normalized spacial score (nSPS) is 11.6. The van der Waals surface area contributed by atoms with E-state index < -0.39 is 0 Å². The molecule has 0 radical (unpaired) electrons. The predicted octanol–water partition coefficient (Wildman–Crippen LogP) is 3.37. The maximum Gasteiger partial charge on any atom is 0.225 e. The molecule has 1 N–H and O–H groups in total. The first-order valence-electron chi connectivity index (χ1n) is 9.26. The number of hydrogen-bond acceptors (Lipinski definition) is 3. The summed E-state index contributed by atoms with van der Waals surface area (Å²) < 4.78 is 0. The molecule has 2 rings (SSSR count). The molecule has 1 atom stereocenters. The molecule has 0 heterocycles. The third-order valence-electron chi connectivity index (χ3n) is 4.52. The Balaban J connectivity index is 2.08. The van der Waals surface area contributed by atoms with Crippen molar-refractivity contribution in [2.24, 2.45) is 0 Å². The molecule has 0 saturated carbocycles. The van der Waals surface area contributed by atoms with Crippen molar-refractivity contribution in [3.05, 3.63) is 65.7 Å². The minimum atomic E-state index is -0.318. The summed E-state index contributed by atoms with van der Waals surface area (Å²) in [6, 6.07) is 17.5. The fourth-order valence-electron chi connectivity index (χ4n) is 2.98. The van der Waals surface area contributed by atoms with Crippen LogP contribution in [0.25, 0.3) is 0 Å². The molecule has 0 saturated heterocycles. The third-order valence-corrected chi connectivity index (χ3v) is 4.52. The molecule has 2 aromatic rings. The Kier molecular flexibility index (Phi) is 7.41. The molecule has 27 heavy (non-hydrogen) atoms. The van der Waals surface area contributed by atoms with E-state index in [2.05, 4.69) is 17.4 Å². The van der Waals surface area contributed by atoms with Crippen molar-refractivity contribution in [1.29, 1.82) is 0 Å². The average molecular weight is 367 g/mol. The molecule has 0 aliphatic carbocycles. The maximum absolute atomic E-state index is 12.9. The van der Waals surface area contributed by atoms with Gasteiger partial charge in [0.05, 0.1) is 12.5 Å². The number of carbonyl (C=O) groups excluding carboxylic acids is 2. The number of rotatable bonds is 8. The highest BCUT2D eigenvalue weighted by atomic mass is 16.2. The summed E-state index contributed by atoms with van der Waals surface area (Å²) in [5.41, 5.74) is 3.15. The summed E-state index contributed by atoms with van der Waals surface area (Å²) >= 11 is 0. The summed E-state index contributed by atoms with van der Waals surface area (Å²) in [7, 11) is 4.01. The standard InChI is InChI=1S/C22H29N3O2/c1-5-25(16-18-11-13-20(14-12-18)24(3)4)22(27)15-21(23-17(2)26)19-9-7-6-8-10-19/h6-14,21H,5,15-16H2,1-4H3,(H,23,26). The van der Waals surface area contributed by atoms with E-state index >= 15 is 0 Å². The van der Waals surface area contributed by atoms with Gasteiger partial charge in [0, 0.05) is 39.8 Å². The lowest BCUT2D eigenvalue weighted by atomic mass is 10.0. The van der Waals surface area contributed by atoms with Gasteiger partial charge in [-0.3, -0.25) is 9.59 Å². The molecule has 0 bridgehead atoms. The quantitative estimate of drug-likeness (QED) is 0.778. The van der Waals surface area contributed by atoms with E-state index in [4.69, 9.17) is 0 Å². The van der Waals surface area contributed by atoms with E-state index in [0.29, 0.717) is 13.1 Å². The van der Waals surface area contributed by atoms with Gasteiger partial charge in [-0.05, 0) is 30.2 Å². The summed E-state index contributed by atoms with van der Waals surface area (Å²) in [6.45, 7) is 4.63. The summed E-state index contributed by atoms with van der Waals surface area (Å²) in [4.78, 5) is 28.3. The lowest BCUT2D eigenvalue weighted by Gasteiger charge is -2.25. The number of anilines is 1. The van der Waals surface area contributed by atoms with Crippen molar-refractivity contribution in [3.63, 3.8) is 0 Å². The molecule has 0 spiro atoms. The van der Waals surface area contributed by atoms with E-state index in [9.17, 15) is 9.59 Å². The van der Waals surface area contributed by atoms with Crippen LogP contribution in [0.1, 0.15) is 37.4 Å². The molecule has 0 aliphatic heterocycles. The van der Waals surface area contributed by atoms with Crippen LogP contribution >= 0.6 is 0 Å². The van der Waals surface area contributed by atoms with Crippen LogP contribution in [0.3, 0.4) is 0 Å². The highest BCUT2D eigenvalue weighted by molar-refractivity contribution is 5.79. The van der Waals surface area contributed by atoms with Gasteiger partial charge in [-0.2, -0.15) is 0 Å². The lowest BCUT2D eigenvalue weighted by molar-refractivity contribution is -0.132. The number of benzene rings is 2. The van der Waals surface area contributed by atoms with Crippen molar-refractivity contribution < 1.29 is 9.59 Å². The van der Waals surface area contributed by atoms with Crippen LogP contribution in [-0.4, -0.2) is 37.4 Å². The highest BCUT2D eigenvalue weighted by Gasteiger charge is 2.20. The number of amides is 2. The molecule has 2 amide bonds. The Labute approximate surface area is 162 Å². The highest BCUT2D eigenvalue weighted by Crippen LogP contribution is 2.19. The van der Waals surface area contributed by atoms with Crippen molar-refractivity contribution in [1.82, 2.24) is 10.2 Å². The average Bonchev–Trinajstić information content (AvgIpc) is 2.66. The van der Waals surface area contributed by atoms with Crippen molar-refractivity contribution in [3.8, 4) is 0 Å².